The molecular weight excluding hydrogens is 246 g/mol. The van der Waals surface area contributed by atoms with Crippen molar-refractivity contribution in [1.29, 1.82) is 0 Å². The molecule has 108 valence electrons. The fourth-order valence-electron chi connectivity index (χ4n) is 2.25. The van der Waals surface area contributed by atoms with Crippen molar-refractivity contribution >= 4 is 10.8 Å². The van der Waals surface area contributed by atoms with Crippen LogP contribution in [0.25, 0.3) is 0 Å². The van der Waals surface area contributed by atoms with Gasteiger partial charge >= 0.3 is 0 Å². The fourth-order valence-corrected chi connectivity index (χ4v) is 2.58. The Kier molecular flexibility index (Phi) is 5.81. The van der Waals surface area contributed by atoms with Crippen LogP contribution in [-0.2, 0) is 15.5 Å². The van der Waals surface area contributed by atoms with Crippen molar-refractivity contribution in [3.8, 4) is 0 Å². The first-order chi connectivity index (χ1) is 8.25. The molecule has 3 nitrogen and oxygen atoms in total. The smallest absolute Gasteiger partial charge is 0.0656 e. The molecule has 0 amide bonds. The second kappa shape index (κ2) is 6.49. The van der Waals surface area contributed by atoms with Crippen LogP contribution in [0.4, 0.5) is 0 Å². The monoisotopic (exact) mass is 275 g/mol. The van der Waals surface area contributed by atoms with E-state index in [2.05, 4.69) is 33.0 Å². The average Bonchev–Trinajstić information content (AvgIpc) is 2.25. The van der Waals surface area contributed by atoms with Crippen LogP contribution in [0.3, 0.4) is 0 Å². The minimum absolute atomic E-state index is 0.184. The number of hydrogen-bond acceptors (Lipinski definition) is 3. The summed E-state index contributed by atoms with van der Waals surface area (Å²) in [7, 11) is -0.742. The zero-order chi connectivity index (χ0) is 13.9. The summed E-state index contributed by atoms with van der Waals surface area (Å²) in [5.74, 6) is 0.593. The van der Waals surface area contributed by atoms with Crippen LogP contribution in [0.15, 0.2) is 0 Å². The third-order valence-corrected chi connectivity index (χ3v) is 5.33. The van der Waals surface area contributed by atoms with Gasteiger partial charge in [-0.3, -0.25) is 4.21 Å². The first kappa shape index (κ1) is 16.1. The summed E-state index contributed by atoms with van der Waals surface area (Å²) in [5, 5.41) is 3.75. The van der Waals surface area contributed by atoms with E-state index in [9.17, 15) is 4.21 Å². The molecule has 1 N–H and O–H groups in total. The van der Waals surface area contributed by atoms with Gasteiger partial charge in [0.1, 0.15) is 0 Å². The van der Waals surface area contributed by atoms with Gasteiger partial charge in [-0.25, -0.2) is 0 Å². The molecule has 4 unspecified atom stereocenters. The summed E-state index contributed by atoms with van der Waals surface area (Å²) < 4.78 is 17.3. The van der Waals surface area contributed by atoms with E-state index >= 15 is 0 Å². The number of hydrogen-bond donors (Lipinski definition) is 1. The molecule has 0 aliphatic heterocycles. The molecule has 18 heavy (non-hydrogen) atoms. The van der Waals surface area contributed by atoms with E-state index in [-0.39, 0.29) is 10.7 Å². The SMILES string of the molecule is CC(C)COC1CC(NCC(C)S(C)=O)C1(C)C. The Morgan fingerprint density at radius 3 is 2.44 bits per heavy atom. The van der Waals surface area contributed by atoms with E-state index in [0.717, 1.165) is 19.6 Å². The number of rotatable bonds is 7. The minimum atomic E-state index is -0.742. The first-order valence-electron chi connectivity index (χ1n) is 6.92. The van der Waals surface area contributed by atoms with Crippen LogP contribution >= 0.6 is 0 Å². The zero-order valence-electron chi connectivity index (χ0n) is 12.7. The third-order valence-electron chi connectivity index (χ3n) is 4.03. The quantitative estimate of drug-likeness (QED) is 0.774. The molecule has 4 heteroatoms. The molecule has 1 aliphatic rings. The molecule has 0 bridgehead atoms. The van der Waals surface area contributed by atoms with Gasteiger partial charge in [-0.05, 0) is 19.3 Å². The van der Waals surface area contributed by atoms with Crippen LogP contribution < -0.4 is 5.32 Å². The predicted octanol–water partition coefficient (Wildman–Crippen LogP) is 2.18. The van der Waals surface area contributed by atoms with Crippen LogP contribution in [0.5, 0.6) is 0 Å². The van der Waals surface area contributed by atoms with E-state index < -0.39 is 10.8 Å². The average molecular weight is 275 g/mol. The molecule has 0 aromatic rings. The standard InChI is InChI=1S/C14H29NO2S/c1-10(2)9-17-13-7-12(14(13,4)5)15-8-11(3)18(6)16/h10-13,15H,7-9H2,1-6H3. The molecular formula is C14H29NO2S. The van der Waals surface area contributed by atoms with Gasteiger partial charge in [-0.2, -0.15) is 0 Å². The second-order valence-corrected chi connectivity index (χ2v) is 8.34. The highest BCUT2D eigenvalue weighted by Gasteiger charge is 2.48. The molecule has 0 aromatic heterocycles. The zero-order valence-corrected chi connectivity index (χ0v) is 13.5. The van der Waals surface area contributed by atoms with Gasteiger partial charge in [0.05, 0.1) is 6.10 Å². The second-order valence-electron chi connectivity index (χ2n) is 6.54. The Balaban J connectivity index is 2.32. The van der Waals surface area contributed by atoms with Crippen LogP contribution in [-0.4, -0.2) is 41.0 Å². The van der Waals surface area contributed by atoms with E-state index in [1.54, 1.807) is 6.26 Å². The van der Waals surface area contributed by atoms with Gasteiger partial charge in [0.2, 0.25) is 0 Å². The lowest BCUT2D eigenvalue weighted by Crippen LogP contribution is -2.61. The summed E-state index contributed by atoms with van der Waals surface area (Å²) in [6.07, 6.45) is 3.20. The molecule has 0 heterocycles. The van der Waals surface area contributed by atoms with Gasteiger partial charge in [0, 0.05) is 46.9 Å². The summed E-state index contributed by atoms with van der Waals surface area (Å²) in [4.78, 5) is 0. The first-order valence-corrected chi connectivity index (χ1v) is 8.54. The van der Waals surface area contributed by atoms with Crippen LogP contribution in [0.1, 0.15) is 41.0 Å². The number of nitrogens with one attached hydrogen (secondary N) is 1. The van der Waals surface area contributed by atoms with Crippen molar-refractivity contribution in [2.45, 2.75) is 58.4 Å². The molecule has 1 fully saturated rings. The van der Waals surface area contributed by atoms with Crippen LogP contribution in [0, 0.1) is 11.3 Å². The summed E-state index contributed by atoms with van der Waals surface area (Å²) in [6.45, 7) is 12.6. The fraction of sp³-hybridized carbons (Fsp3) is 1.00. The Morgan fingerprint density at radius 1 is 1.39 bits per heavy atom. The summed E-state index contributed by atoms with van der Waals surface area (Å²) in [6, 6.07) is 0.487. The molecule has 0 aromatic carbocycles. The lowest BCUT2D eigenvalue weighted by Gasteiger charge is -2.52. The van der Waals surface area contributed by atoms with Crippen molar-refractivity contribution in [3.63, 3.8) is 0 Å². The van der Waals surface area contributed by atoms with Crippen LogP contribution in [0.2, 0.25) is 0 Å². The van der Waals surface area contributed by atoms with Crippen molar-refractivity contribution in [3.05, 3.63) is 0 Å². The van der Waals surface area contributed by atoms with Crippen molar-refractivity contribution in [1.82, 2.24) is 5.32 Å². The van der Waals surface area contributed by atoms with Gasteiger partial charge in [-0.1, -0.05) is 27.7 Å². The Labute approximate surface area is 115 Å². The maximum atomic E-state index is 11.3. The Hall–Kier alpha value is 0.0700. The highest BCUT2D eigenvalue weighted by atomic mass is 32.2. The van der Waals surface area contributed by atoms with Crippen molar-refractivity contribution < 1.29 is 8.95 Å². The molecule has 4 atom stereocenters. The maximum Gasteiger partial charge on any atom is 0.0656 e. The molecule has 1 rings (SSSR count). The largest absolute Gasteiger partial charge is 0.377 e. The lowest BCUT2D eigenvalue weighted by atomic mass is 9.64. The lowest BCUT2D eigenvalue weighted by molar-refractivity contribution is -0.123. The van der Waals surface area contributed by atoms with E-state index in [1.165, 1.54) is 0 Å². The molecule has 0 radical (unpaired) electrons. The predicted molar refractivity (Wildman–Crippen MR) is 78.3 cm³/mol. The molecule has 1 aliphatic carbocycles. The summed E-state index contributed by atoms with van der Waals surface area (Å²) >= 11 is 0. The molecule has 0 saturated heterocycles. The highest BCUT2D eigenvalue weighted by molar-refractivity contribution is 7.84. The number of ether oxygens (including phenoxy) is 1. The van der Waals surface area contributed by atoms with E-state index in [4.69, 9.17) is 4.74 Å². The minimum Gasteiger partial charge on any atom is -0.377 e. The Bertz CT molecular complexity index is 292. The van der Waals surface area contributed by atoms with Gasteiger partial charge in [0.15, 0.2) is 0 Å². The summed E-state index contributed by atoms with van der Waals surface area (Å²) in [5.41, 5.74) is 0.184. The molecule has 1 saturated carbocycles. The molecule has 0 spiro atoms. The van der Waals surface area contributed by atoms with Gasteiger partial charge < -0.3 is 10.1 Å². The van der Waals surface area contributed by atoms with E-state index in [0.29, 0.717) is 18.1 Å². The topological polar surface area (TPSA) is 38.3 Å². The van der Waals surface area contributed by atoms with Crippen molar-refractivity contribution in [2.24, 2.45) is 11.3 Å². The van der Waals surface area contributed by atoms with Gasteiger partial charge in [0.25, 0.3) is 0 Å². The maximum absolute atomic E-state index is 11.3. The highest BCUT2D eigenvalue weighted by Crippen LogP contribution is 2.42. The normalized spacial score (nSPS) is 29.9. The third kappa shape index (κ3) is 4.04. The van der Waals surface area contributed by atoms with Crippen molar-refractivity contribution in [2.75, 3.05) is 19.4 Å². The van der Waals surface area contributed by atoms with E-state index in [1.807, 2.05) is 6.92 Å². The Morgan fingerprint density at radius 2 is 2.00 bits per heavy atom. The van der Waals surface area contributed by atoms with Gasteiger partial charge in [-0.15, -0.1) is 0 Å².